The van der Waals surface area contributed by atoms with Crippen LogP contribution in [0.15, 0.2) is 30.3 Å². The number of fused-ring (bicyclic) bond motifs is 1. The Balaban J connectivity index is 1.87. The third-order valence-electron chi connectivity index (χ3n) is 4.34. The van der Waals surface area contributed by atoms with Crippen LogP contribution in [0.25, 0.3) is 0 Å². The summed E-state index contributed by atoms with van der Waals surface area (Å²) in [6.07, 6.45) is 0.814. The summed E-state index contributed by atoms with van der Waals surface area (Å²) < 4.78 is 25.1. The fourth-order valence-electron chi connectivity index (χ4n) is 2.92. The lowest BCUT2D eigenvalue weighted by atomic mass is 9.95. The molecular weight excluding hydrogens is 392 g/mol. The molecule has 0 saturated heterocycles. The zero-order valence-electron chi connectivity index (χ0n) is 15.0. The van der Waals surface area contributed by atoms with E-state index in [1.165, 1.54) is 6.07 Å². The summed E-state index contributed by atoms with van der Waals surface area (Å²) in [5.74, 6) is 0.257. The average Bonchev–Trinajstić information content (AvgIpc) is 2.87. The predicted octanol–water partition coefficient (Wildman–Crippen LogP) is 5.42. The highest BCUT2D eigenvalue weighted by atomic mass is 35.5. The minimum absolute atomic E-state index is 0.0403. The minimum Gasteiger partial charge on any atom is -0.490 e. The van der Waals surface area contributed by atoms with Gasteiger partial charge in [-0.05, 0) is 35.7 Å². The van der Waals surface area contributed by atoms with Crippen molar-refractivity contribution in [2.75, 3.05) is 13.2 Å². The van der Waals surface area contributed by atoms with Crippen molar-refractivity contribution in [1.29, 1.82) is 0 Å². The van der Waals surface area contributed by atoms with Crippen LogP contribution in [-0.4, -0.2) is 19.1 Å². The average molecular weight is 412 g/mol. The van der Waals surface area contributed by atoms with E-state index < -0.39 is 11.7 Å². The smallest absolute Gasteiger partial charge is 0.253 e. The summed E-state index contributed by atoms with van der Waals surface area (Å²) in [6.45, 7) is 5.15. The first-order valence-corrected chi connectivity index (χ1v) is 9.47. The van der Waals surface area contributed by atoms with Crippen molar-refractivity contribution in [2.24, 2.45) is 5.92 Å². The maximum atomic E-state index is 13.8. The van der Waals surface area contributed by atoms with Crippen LogP contribution in [0.4, 0.5) is 4.39 Å². The monoisotopic (exact) mass is 411 g/mol. The number of rotatable bonds is 4. The SMILES string of the molecule is CC(C)C(NC(=O)c1cc(F)c(Cl)cc1Cl)c1ccc2c(c1)OCCCO2. The Kier molecular flexibility index (Phi) is 6.12. The number of benzene rings is 2. The van der Waals surface area contributed by atoms with Crippen molar-refractivity contribution in [2.45, 2.75) is 26.3 Å². The lowest BCUT2D eigenvalue weighted by Gasteiger charge is -2.24. The maximum Gasteiger partial charge on any atom is 0.253 e. The zero-order chi connectivity index (χ0) is 19.6. The lowest BCUT2D eigenvalue weighted by Crippen LogP contribution is -2.32. The van der Waals surface area contributed by atoms with Gasteiger partial charge in [0.25, 0.3) is 5.91 Å². The fourth-order valence-corrected chi connectivity index (χ4v) is 3.39. The van der Waals surface area contributed by atoms with Gasteiger partial charge < -0.3 is 14.8 Å². The van der Waals surface area contributed by atoms with E-state index in [0.29, 0.717) is 24.7 Å². The molecule has 0 spiro atoms. The first-order valence-electron chi connectivity index (χ1n) is 8.71. The Morgan fingerprint density at radius 1 is 1.07 bits per heavy atom. The molecule has 0 aliphatic carbocycles. The van der Waals surface area contributed by atoms with Gasteiger partial charge in [0, 0.05) is 6.42 Å². The molecular formula is C20H20Cl2FNO3. The molecule has 7 heteroatoms. The van der Waals surface area contributed by atoms with E-state index in [4.69, 9.17) is 32.7 Å². The molecule has 27 heavy (non-hydrogen) atoms. The number of hydrogen-bond donors (Lipinski definition) is 1. The van der Waals surface area contributed by atoms with Crippen molar-refractivity contribution >= 4 is 29.1 Å². The van der Waals surface area contributed by atoms with Crippen LogP contribution in [0.2, 0.25) is 10.0 Å². The standard InChI is InChI=1S/C20H20Cl2FNO3/c1-11(2)19(12-4-5-17-18(8-12)27-7-3-6-26-17)24-20(25)13-9-16(23)15(22)10-14(13)21/h4-5,8-11,19H,3,6-7H2,1-2H3,(H,24,25). The molecule has 1 aliphatic rings. The summed E-state index contributed by atoms with van der Waals surface area (Å²) in [5, 5.41) is 2.90. The summed E-state index contributed by atoms with van der Waals surface area (Å²) in [5.41, 5.74) is 0.909. The molecule has 1 heterocycles. The van der Waals surface area contributed by atoms with Gasteiger partial charge in [0.15, 0.2) is 11.5 Å². The molecule has 0 bridgehead atoms. The van der Waals surface area contributed by atoms with Crippen LogP contribution in [0.5, 0.6) is 11.5 Å². The van der Waals surface area contributed by atoms with Gasteiger partial charge in [0.05, 0.1) is 34.9 Å². The number of amides is 1. The number of carbonyl (C=O) groups is 1. The van der Waals surface area contributed by atoms with E-state index in [9.17, 15) is 9.18 Å². The highest BCUT2D eigenvalue weighted by Crippen LogP contribution is 2.34. The van der Waals surface area contributed by atoms with E-state index in [-0.39, 0.29) is 27.6 Å². The van der Waals surface area contributed by atoms with Crippen LogP contribution in [0, 0.1) is 11.7 Å². The Bertz CT molecular complexity index is 857. The number of halogens is 3. The summed E-state index contributed by atoms with van der Waals surface area (Å²) in [7, 11) is 0. The van der Waals surface area contributed by atoms with Crippen molar-refractivity contribution in [3.63, 3.8) is 0 Å². The van der Waals surface area contributed by atoms with E-state index in [2.05, 4.69) is 5.32 Å². The summed E-state index contributed by atoms with van der Waals surface area (Å²) in [6, 6.07) is 7.56. The van der Waals surface area contributed by atoms with Crippen LogP contribution in [0.1, 0.15) is 42.2 Å². The molecule has 1 aliphatic heterocycles. The van der Waals surface area contributed by atoms with Crippen molar-refractivity contribution in [3.8, 4) is 11.5 Å². The first-order chi connectivity index (χ1) is 12.9. The predicted molar refractivity (Wildman–Crippen MR) is 104 cm³/mol. The van der Waals surface area contributed by atoms with Crippen LogP contribution in [0.3, 0.4) is 0 Å². The molecule has 3 rings (SSSR count). The first kappa shape index (κ1) is 19.8. The molecule has 1 unspecified atom stereocenters. The molecule has 0 fully saturated rings. The number of carbonyl (C=O) groups excluding carboxylic acids is 1. The third-order valence-corrected chi connectivity index (χ3v) is 4.94. The van der Waals surface area contributed by atoms with Crippen LogP contribution in [-0.2, 0) is 0 Å². The van der Waals surface area contributed by atoms with E-state index in [1.807, 2.05) is 32.0 Å². The van der Waals surface area contributed by atoms with Gasteiger partial charge in [-0.15, -0.1) is 0 Å². The maximum absolute atomic E-state index is 13.8. The molecule has 0 saturated carbocycles. The van der Waals surface area contributed by atoms with Gasteiger partial charge in [0.1, 0.15) is 5.82 Å². The molecule has 1 N–H and O–H groups in total. The summed E-state index contributed by atoms with van der Waals surface area (Å²) >= 11 is 11.8. The second kappa shape index (κ2) is 8.36. The van der Waals surface area contributed by atoms with Gasteiger partial charge >= 0.3 is 0 Å². The van der Waals surface area contributed by atoms with E-state index in [0.717, 1.165) is 18.1 Å². The second-order valence-corrected chi connectivity index (χ2v) is 7.51. The Hall–Kier alpha value is -1.98. The van der Waals surface area contributed by atoms with Gasteiger partial charge in [0.2, 0.25) is 0 Å². The Morgan fingerprint density at radius 3 is 2.48 bits per heavy atom. The van der Waals surface area contributed by atoms with Crippen LogP contribution < -0.4 is 14.8 Å². The van der Waals surface area contributed by atoms with Gasteiger partial charge in [-0.1, -0.05) is 43.1 Å². The van der Waals surface area contributed by atoms with Crippen LogP contribution >= 0.6 is 23.2 Å². The Labute approximate surface area is 167 Å². The fraction of sp³-hybridized carbons (Fsp3) is 0.350. The highest BCUT2D eigenvalue weighted by molar-refractivity contribution is 6.36. The van der Waals surface area contributed by atoms with Crippen molar-refractivity contribution in [1.82, 2.24) is 5.32 Å². The largest absolute Gasteiger partial charge is 0.490 e. The van der Waals surface area contributed by atoms with E-state index >= 15 is 0 Å². The topological polar surface area (TPSA) is 47.6 Å². The molecule has 4 nitrogen and oxygen atoms in total. The van der Waals surface area contributed by atoms with Crippen molar-refractivity contribution in [3.05, 3.63) is 57.3 Å². The minimum atomic E-state index is -0.692. The van der Waals surface area contributed by atoms with Gasteiger partial charge in [-0.25, -0.2) is 4.39 Å². The van der Waals surface area contributed by atoms with Gasteiger partial charge in [-0.2, -0.15) is 0 Å². The third kappa shape index (κ3) is 4.47. The molecule has 144 valence electrons. The van der Waals surface area contributed by atoms with Crippen molar-refractivity contribution < 1.29 is 18.7 Å². The molecule has 1 amide bonds. The molecule has 1 atom stereocenters. The summed E-state index contributed by atoms with van der Waals surface area (Å²) in [4.78, 5) is 12.7. The number of ether oxygens (including phenoxy) is 2. The zero-order valence-corrected chi connectivity index (χ0v) is 16.5. The van der Waals surface area contributed by atoms with E-state index in [1.54, 1.807) is 0 Å². The quantitative estimate of drug-likeness (QED) is 0.683. The Morgan fingerprint density at radius 2 is 1.78 bits per heavy atom. The lowest BCUT2D eigenvalue weighted by molar-refractivity contribution is 0.0925. The number of hydrogen-bond acceptors (Lipinski definition) is 3. The molecule has 2 aromatic rings. The molecule has 0 radical (unpaired) electrons. The number of nitrogens with one attached hydrogen (secondary N) is 1. The highest BCUT2D eigenvalue weighted by Gasteiger charge is 2.23. The van der Waals surface area contributed by atoms with Gasteiger partial charge in [-0.3, -0.25) is 4.79 Å². The normalized spacial score (nSPS) is 14.6. The molecule has 2 aromatic carbocycles. The molecule has 0 aromatic heterocycles. The second-order valence-electron chi connectivity index (χ2n) is 6.70.